The Kier molecular flexibility index (Phi) is 1.90. The fourth-order valence-electron chi connectivity index (χ4n) is 1.54. The molecule has 0 aliphatic carbocycles. The molecule has 80 valence electrons. The molecular weight excluding hydrogens is 222 g/mol. The first-order valence-corrected chi connectivity index (χ1v) is 5.61. The Balaban J connectivity index is 2.22. The van der Waals surface area contributed by atoms with Crippen molar-refractivity contribution in [1.82, 2.24) is 19.7 Å². The fourth-order valence-corrected chi connectivity index (χ4v) is 2.51. The highest BCUT2D eigenvalue weighted by Gasteiger charge is 2.10. The van der Waals surface area contributed by atoms with Crippen LogP contribution in [0.15, 0.2) is 24.3 Å². The maximum atomic E-state index is 5.54. The number of hydrogen-bond acceptors (Lipinski definition) is 5. The van der Waals surface area contributed by atoms with Gasteiger partial charge in [-0.05, 0) is 19.1 Å². The summed E-state index contributed by atoms with van der Waals surface area (Å²) in [4.78, 5) is 8.53. The van der Waals surface area contributed by atoms with Crippen LogP contribution in [0.2, 0.25) is 0 Å². The van der Waals surface area contributed by atoms with Crippen LogP contribution in [0.5, 0.6) is 0 Å². The topological polar surface area (TPSA) is 69.6 Å². The van der Waals surface area contributed by atoms with Gasteiger partial charge in [0, 0.05) is 0 Å². The molecule has 5 nitrogen and oxygen atoms in total. The molecule has 0 unspecified atom stereocenters. The Morgan fingerprint density at radius 3 is 2.75 bits per heavy atom. The number of nitrogens with zero attached hydrogens (tertiary/aromatic N) is 4. The van der Waals surface area contributed by atoms with Crippen molar-refractivity contribution >= 4 is 27.5 Å². The van der Waals surface area contributed by atoms with Gasteiger partial charge in [-0.2, -0.15) is 9.67 Å². The largest absolute Gasteiger partial charge is 0.366 e. The zero-order valence-electron chi connectivity index (χ0n) is 8.58. The average Bonchev–Trinajstić information content (AvgIpc) is 2.81. The van der Waals surface area contributed by atoms with E-state index in [1.165, 1.54) is 0 Å². The molecule has 0 bridgehead atoms. The standard InChI is InChI=1S/C10H9N5S/c1-6-12-9(11)14-15(6)10-13-7-4-2-3-5-8(7)16-10/h2-5H,1H3,(H2,11,14). The second-order valence-electron chi connectivity index (χ2n) is 3.39. The van der Waals surface area contributed by atoms with E-state index in [1.54, 1.807) is 16.0 Å². The number of nitrogens with two attached hydrogens (primary N) is 1. The second kappa shape index (κ2) is 3.28. The van der Waals surface area contributed by atoms with Crippen LogP contribution in [-0.4, -0.2) is 19.7 Å². The summed E-state index contributed by atoms with van der Waals surface area (Å²) < 4.78 is 2.80. The summed E-state index contributed by atoms with van der Waals surface area (Å²) in [5, 5.41) is 4.90. The molecular formula is C10H9N5S. The molecule has 6 heteroatoms. The van der Waals surface area contributed by atoms with Crippen molar-refractivity contribution < 1.29 is 0 Å². The zero-order chi connectivity index (χ0) is 11.1. The Bertz CT molecular complexity index is 621. The molecule has 1 aromatic carbocycles. The normalized spacial score (nSPS) is 11.1. The lowest BCUT2D eigenvalue weighted by Crippen LogP contribution is -1.98. The van der Waals surface area contributed by atoms with Gasteiger partial charge in [0.2, 0.25) is 11.1 Å². The Morgan fingerprint density at radius 1 is 1.25 bits per heavy atom. The lowest BCUT2D eigenvalue weighted by atomic mass is 10.3. The van der Waals surface area contributed by atoms with Crippen LogP contribution < -0.4 is 5.73 Å². The highest BCUT2D eigenvalue weighted by Crippen LogP contribution is 2.24. The molecule has 2 N–H and O–H groups in total. The third-order valence-corrected chi connectivity index (χ3v) is 3.26. The minimum absolute atomic E-state index is 0.275. The van der Waals surface area contributed by atoms with E-state index in [4.69, 9.17) is 5.73 Å². The Morgan fingerprint density at radius 2 is 2.06 bits per heavy atom. The molecule has 0 saturated heterocycles. The SMILES string of the molecule is Cc1nc(N)nn1-c1nc2ccccc2s1. The van der Waals surface area contributed by atoms with E-state index in [9.17, 15) is 0 Å². The first-order chi connectivity index (χ1) is 7.74. The van der Waals surface area contributed by atoms with Gasteiger partial charge in [-0.15, -0.1) is 5.10 Å². The van der Waals surface area contributed by atoms with Gasteiger partial charge in [-0.1, -0.05) is 23.5 Å². The number of aromatic nitrogens is 4. The van der Waals surface area contributed by atoms with Gasteiger partial charge in [-0.3, -0.25) is 0 Å². The van der Waals surface area contributed by atoms with Gasteiger partial charge in [0.1, 0.15) is 5.82 Å². The van der Waals surface area contributed by atoms with Crippen molar-refractivity contribution in [2.75, 3.05) is 5.73 Å². The molecule has 2 heterocycles. The van der Waals surface area contributed by atoms with Crippen molar-refractivity contribution in [2.24, 2.45) is 0 Å². The molecule has 3 rings (SSSR count). The van der Waals surface area contributed by atoms with Crippen molar-refractivity contribution in [1.29, 1.82) is 0 Å². The highest BCUT2D eigenvalue weighted by molar-refractivity contribution is 7.20. The number of thiazole rings is 1. The molecule has 0 saturated carbocycles. The first-order valence-electron chi connectivity index (χ1n) is 4.79. The third-order valence-electron chi connectivity index (χ3n) is 2.25. The summed E-state index contributed by atoms with van der Waals surface area (Å²) in [5.74, 6) is 1.02. The van der Waals surface area contributed by atoms with E-state index >= 15 is 0 Å². The number of aryl methyl sites for hydroxylation is 1. The van der Waals surface area contributed by atoms with Crippen LogP contribution in [0.4, 0.5) is 5.95 Å². The van der Waals surface area contributed by atoms with Crippen LogP contribution >= 0.6 is 11.3 Å². The number of rotatable bonds is 1. The summed E-state index contributed by atoms with van der Waals surface area (Å²) >= 11 is 1.57. The summed E-state index contributed by atoms with van der Waals surface area (Å²) in [6.45, 7) is 1.86. The van der Waals surface area contributed by atoms with Gasteiger partial charge in [-0.25, -0.2) is 4.98 Å². The first kappa shape index (κ1) is 9.29. The van der Waals surface area contributed by atoms with Crippen LogP contribution in [0.1, 0.15) is 5.82 Å². The van der Waals surface area contributed by atoms with Crippen molar-refractivity contribution in [3.05, 3.63) is 30.1 Å². The number of para-hydroxylation sites is 1. The number of hydrogen-bond donors (Lipinski definition) is 1. The van der Waals surface area contributed by atoms with E-state index in [2.05, 4.69) is 15.1 Å². The lowest BCUT2D eigenvalue weighted by Gasteiger charge is -1.93. The Labute approximate surface area is 95.6 Å². The van der Waals surface area contributed by atoms with E-state index in [1.807, 2.05) is 31.2 Å². The third kappa shape index (κ3) is 1.35. The number of benzene rings is 1. The molecule has 0 amide bonds. The average molecular weight is 231 g/mol. The summed E-state index contributed by atoms with van der Waals surface area (Å²) in [6.07, 6.45) is 0. The van der Waals surface area contributed by atoms with E-state index in [0.717, 1.165) is 21.2 Å². The van der Waals surface area contributed by atoms with E-state index < -0.39 is 0 Å². The van der Waals surface area contributed by atoms with Crippen molar-refractivity contribution in [3.63, 3.8) is 0 Å². The van der Waals surface area contributed by atoms with E-state index in [-0.39, 0.29) is 5.95 Å². The summed E-state index contributed by atoms with van der Waals surface area (Å²) in [5.41, 5.74) is 6.51. The van der Waals surface area contributed by atoms with Gasteiger partial charge >= 0.3 is 0 Å². The molecule has 0 radical (unpaired) electrons. The smallest absolute Gasteiger partial charge is 0.240 e. The van der Waals surface area contributed by atoms with Crippen LogP contribution in [0.3, 0.4) is 0 Å². The van der Waals surface area contributed by atoms with Crippen LogP contribution in [0.25, 0.3) is 15.3 Å². The van der Waals surface area contributed by atoms with E-state index in [0.29, 0.717) is 0 Å². The Hall–Kier alpha value is -1.95. The molecule has 2 aromatic heterocycles. The maximum Gasteiger partial charge on any atom is 0.240 e. The van der Waals surface area contributed by atoms with Crippen molar-refractivity contribution in [3.8, 4) is 5.13 Å². The fraction of sp³-hybridized carbons (Fsp3) is 0.100. The van der Waals surface area contributed by atoms with Gasteiger partial charge < -0.3 is 5.73 Å². The second-order valence-corrected chi connectivity index (χ2v) is 4.40. The molecule has 16 heavy (non-hydrogen) atoms. The number of fused-ring (bicyclic) bond motifs is 1. The lowest BCUT2D eigenvalue weighted by molar-refractivity contribution is 0.836. The highest BCUT2D eigenvalue weighted by atomic mass is 32.1. The summed E-state index contributed by atoms with van der Waals surface area (Å²) in [6, 6.07) is 7.97. The zero-order valence-corrected chi connectivity index (χ0v) is 9.40. The molecule has 0 spiro atoms. The van der Waals surface area contributed by atoms with Crippen LogP contribution in [-0.2, 0) is 0 Å². The number of nitrogen functional groups attached to an aromatic ring is 1. The quantitative estimate of drug-likeness (QED) is 0.693. The van der Waals surface area contributed by atoms with Crippen molar-refractivity contribution in [2.45, 2.75) is 6.92 Å². The van der Waals surface area contributed by atoms with Gasteiger partial charge in [0.25, 0.3) is 0 Å². The summed E-state index contributed by atoms with van der Waals surface area (Å²) in [7, 11) is 0. The monoisotopic (exact) mass is 231 g/mol. The van der Waals surface area contributed by atoms with Gasteiger partial charge in [0.05, 0.1) is 10.2 Å². The number of anilines is 1. The molecule has 0 aliphatic rings. The minimum atomic E-state index is 0.275. The predicted molar refractivity (Wildman–Crippen MR) is 63.7 cm³/mol. The van der Waals surface area contributed by atoms with Crippen LogP contribution in [0, 0.1) is 6.92 Å². The molecule has 0 aliphatic heterocycles. The minimum Gasteiger partial charge on any atom is -0.366 e. The maximum absolute atomic E-state index is 5.54. The predicted octanol–water partition coefficient (Wildman–Crippen LogP) is 1.77. The molecule has 0 fully saturated rings. The van der Waals surface area contributed by atoms with Gasteiger partial charge in [0.15, 0.2) is 0 Å². The molecule has 0 atom stereocenters. The molecule has 3 aromatic rings.